The summed E-state index contributed by atoms with van der Waals surface area (Å²) in [5, 5.41) is 0. The van der Waals surface area contributed by atoms with Gasteiger partial charge in [0.2, 0.25) is 0 Å². The molecule has 0 unspecified atom stereocenters. The molecule has 0 N–H and O–H groups in total. The maximum Gasteiger partial charge on any atom is -0.00563 e. The molecule has 2 atom stereocenters. The topological polar surface area (TPSA) is 0 Å². The number of hydrogen-bond acceptors (Lipinski definition) is 0. The molecule has 0 heterocycles. The van der Waals surface area contributed by atoms with Gasteiger partial charge in [0.05, 0.1) is 0 Å². The molecule has 0 heteroatoms. The van der Waals surface area contributed by atoms with Crippen LogP contribution in [0.4, 0.5) is 0 Å². The molecule has 1 spiro atoms. The second-order valence-electron chi connectivity index (χ2n) is 7.23. The van der Waals surface area contributed by atoms with Crippen LogP contribution < -0.4 is 0 Å². The van der Waals surface area contributed by atoms with E-state index < -0.39 is 0 Å². The van der Waals surface area contributed by atoms with Crippen molar-refractivity contribution in [3.8, 4) is 0 Å². The fraction of sp³-hybridized carbons (Fsp3) is 0.867. The van der Waals surface area contributed by atoms with E-state index in [4.69, 9.17) is 0 Å². The van der Waals surface area contributed by atoms with Crippen LogP contribution >= 0.6 is 0 Å². The SMILES string of the molecule is CC1=C2[C@H](C[C@@H](C)C23CC3)CC(C)(C)C1. The molecular formula is C15H24. The van der Waals surface area contributed by atoms with Gasteiger partial charge in [-0.3, -0.25) is 0 Å². The summed E-state index contributed by atoms with van der Waals surface area (Å²) < 4.78 is 0. The van der Waals surface area contributed by atoms with E-state index >= 15 is 0 Å². The molecule has 0 aromatic heterocycles. The zero-order valence-electron chi connectivity index (χ0n) is 10.7. The van der Waals surface area contributed by atoms with Crippen molar-refractivity contribution in [3.63, 3.8) is 0 Å². The minimum absolute atomic E-state index is 0.568. The Bertz CT molecular complexity index is 328. The van der Waals surface area contributed by atoms with Crippen molar-refractivity contribution in [2.45, 2.75) is 59.8 Å². The van der Waals surface area contributed by atoms with Crippen molar-refractivity contribution in [1.29, 1.82) is 0 Å². The molecule has 2 fully saturated rings. The molecule has 0 aromatic rings. The Balaban J connectivity index is 2.03. The van der Waals surface area contributed by atoms with Crippen LogP contribution in [0.2, 0.25) is 0 Å². The lowest BCUT2D eigenvalue weighted by molar-refractivity contribution is 0.260. The fourth-order valence-electron chi connectivity index (χ4n) is 4.85. The molecule has 3 rings (SSSR count). The molecule has 0 aliphatic heterocycles. The summed E-state index contributed by atoms with van der Waals surface area (Å²) in [6, 6.07) is 0. The number of allylic oxidation sites excluding steroid dienone is 2. The van der Waals surface area contributed by atoms with E-state index in [2.05, 4.69) is 27.7 Å². The molecule has 0 aromatic carbocycles. The molecule has 0 nitrogen and oxygen atoms in total. The van der Waals surface area contributed by atoms with E-state index in [1.54, 1.807) is 5.57 Å². The first-order valence-electron chi connectivity index (χ1n) is 6.65. The lowest BCUT2D eigenvalue weighted by atomic mass is 9.69. The second kappa shape index (κ2) is 2.70. The summed E-state index contributed by atoms with van der Waals surface area (Å²) in [4.78, 5) is 0. The van der Waals surface area contributed by atoms with Gasteiger partial charge < -0.3 is 0 Å². The number of fused-ring (bicyclic) bond motifs is 2. The summed E-state index contributed by atoms with van der Waals surface area (Å²) in [7, 11) is 0. The van der Waals surface area contributed by atoms with Crippen LogP contribution in [0.25, 0.3) is 0 Å². The third-order valence-electron chi connectivity index (χ3n) is 5.32. The molecule has 15 heavy (non-hydrogen) atoms. The van der Waals surface area contributed by atoms with Crippen LogP contribution in [0.3, 0.4) is 0 Å². The summed E-state index contributed by atoms with van der Waals surface area (Å²) in [5.74, 6) is 1.92. The average Bonchev–Trinajstić information content (AvgIpc) is 2.76. The van der Waals surface area contributed by atoms with Gasteiger partial charge in [-0.05, 0) is 61.7 Å². The van der Waals surface area contributed by atoms with Crippen LogP contribution in [0.15, 0.2) is 11.1 Å². The minimum Gasteiger partial charge on any atom is -0.0727 e. The predicted octanol–water partition coefficient (Wildman–Crippen LogP) is 4.56. The van der Waals surface area contributed by atoms with Gasteiger partial charge in [-0.1, -0.05) is 31.9 Å². The van der Waals surface area contributed by atoms with Crippen molar-refractivity contribution < 1.29 is 0 Å². The van der Waals surface area contributed by atoms with Crippen LogP contribution in [0.1, 0.15) is 59.8 Å². The monoisotopic (exact) mass is 204 g/mol. The third-order valence-corrected chi connectivity index (χ3v) is 5.32. The maximum absolute atomic E-state index is 2.50. The average molecular weight is 204 g/mol. The summed E-state index contributed by atoms with van der Waals surface area (Å²) in [5.41, 5.74) is 4.97. The zero-order valence-corrected chi connectivity index (χ0v) is 10.7. The highest BCUT2D eigenvalue weighted by Crippen LogP contribution is 2.69. The molecular weight excluding hydrogens is 180 g/mol. The lowest BCUT2D eigenvalue weighted by Gasteiger charge is -2.36. The Morgan fingerprint density at radius 2 is 1.87 bits per heavy atom. The Kier molecular flexibility index (Phi) is 1.79. The summed E-state index contributed by atoms with van der Waals surface area (Å²) >= 11 is 0. The van der Waals surface area contributed by atoms with Gasteiger partial charge in [0.15, 0.2) is 0 Å². The first-order valence-corrected chi connectivity index (χ1v) is 6.65. The molecule has 0 radical (unpaired) electrons. The Hall–Kier alpha value is -0.260. The van der Waals surface area contributed by atoms with Gasteiger partial charge in [-0.2, -0.15) is 0 Å². The van der Waals surface area contributed by atoms with Gasteiger partial charge in [0.1, 0.15) is 0 Å². The van der Waals surface area contributed by atoms with Crippen LogP contribution in [-0.2, 0) is 0 Å². The zero-order chi connectivity index (χ0) is 10.8. The largest absolute Gasteiger partial charge is 0.0727 e. The van der Waals surface area contributed by atoms with Gasteiger partial charge >= 0.3 is 0 Å². The van der Waals surface area contributed by atoms with Crippen LogP contribution in [0.5, 0.6) is 0 Å². The van der Waals surface area contributed by atoms with E-state index in [9.17, 15) is 0 Å². The maximum atomic E-state index is 2.50. The highest BCUT2D eigenvalue weighted by molar-refractivity contribution is 5.37. The van der Waals surface area contributed by atoms with Gasteiger partial charge in [0, 0.05) is 0 Å². The van der Waals surface area contributed by atoms with E-state index in [0.29, 0.717) is 10.8 Å². The van der Waals surface area contributed by atoms with Gasteiger partial charge in [-0.15, -0.1) is 0 Å². The molecule has 0 bridgehead atoms. The van der Waals surface area contributed by atoms with Crippen LogP contribution in [0, 0.1) is 22.7 Å². The van der Waals surface area contributed by atoms with Crippen molar-refractivity contribution in [3.05, 3.63) is 11.1 Å². The van der Waals surface area contributed by atoms with Crippen molar-refractivity contribution in [1.82, 2.24) is 0 Å². The predicted molar refractivity (Wildman–Crippen MR) is 64.7 cm³/mol. The Morgan fingerprint density at radius 3 is 2.47 bits per heavy atom. The van der Waals surface area contributed by atoms with Crippen molar-refractivity contribution >= 4 is 0 Å². The lowest BCUT2D eigenvalue weighted by Crippen LogP contribution is -2.24. The number of hydrogen-bond donors (Lipinski definition) is 0. The Labute approximate surface area is 94.1 Å². The smallest absolute Gasteiger partial charge is 0.00563 e. The van der Waals surface area contributed by atoms with Crippen LogP contribution in [-0.4, -0.2) is 0 Å². The summed E-state index contributed by atoms with van der Waals surface area (Å²) in [6.07, 6.45) is 7.28. The molecule has 0 amide bonds. The highest BCUT2D eigenvalue weighted by atomic mass is 14.6. The van der Waals surface area contributed by atoms with E-state index in [0.717, 1.165) is 11.8 Å². The molecule has 0 saturated heterocycles. The molecule has 2 saturated carbocycles. The first kappa shape index (κ1) is 9.93. The molecule has 3 aliphatic carbocycles. The van der Waals surface area contributed by atoms with E-state index in [1.165, 1.54) is 32.1 Å². The minimum atomic E-state index is 0.568. The van der Waals surface area contributed by atoms with Gasteiger partial charge in [-0.25, -0.2) is 0 Å². The third kappa shape index (κ3) is 1.26. The van der Waals surface area contributed by atoms with Crippen molar-refractivity contribution in [2.24, 2.45) is 22.7 Å². The van der Waals surface area contributed by atoms with Crippen molar-refractivity contribution in [2.75, 3.05) is 0 Å². The molecule has 84 valence electrons. The quantitative estimate of drug-likeness (QED) is 0.507. The Morgan fingerprint density at radius 1 is 1.20 bits per heavy atom. The summed E-state index contributed by atoms with van der Waals surface area (Å²) in [6.45, 7) is 9.83. The fourth-order valence-corrected chi connectivity index (χ4v) is 4.85. The highest BCUT2D eigenvalue weighted by Gasteiger charge is 2.58. The molecule has 3 aliphatic rings. The standard InChI is InChI=1S/C15H24/c1-10-8-14(3,4)9-12-7-11(2)15(5-6-15)13(10)12/h11-12H,5-9H2,1-4H3/t11-,12-/m1/s1. The van der Waals surface area contributed by atoms with Gasteiger partial charge in [0.25, 0.3) is 0 Å². The van der Waals surface area contributed by atoms with E-state index in [-0.39, 0.29) is 0 Å². The van der Waals surface area contributed by atoms with E-state index in [1.807, 2.05) is 5.57 Å². The second-order valence-corrected chi connectivity index (χ2v) is 7.23. The normalized spacial score (nSPS) is 40.8. The number of rotatable bonds is 0. The first-order chi connectivity index (χ1) is 6.95.